The summed E-state index contributed by atoms with van der Waals surface area (Å²) in [6.07, 6.45) is 12.2. The third-order valence-electron chi connectivity index (χ3n) is 7.66. The fourth-order valence-corrected chi connectivity index (χ4v) is 6.18. The van der Waals surface area contributed by atoms with Crippen molar-refractivity contribution in [3.8, 4) is 0 Å². The maximum atomic E-state index is 12.9. The number of hydrazine groups is 1. The van der Waals surface area contributed by atoms with E-state index in [4.69, 9.17) is 11.6 Å². The van der Waals surface area contributed by atoms with Crippen LogP contribution in [0, 0.1) is 11.3 Å². The van der Waals surface area contributed by atoms with Crippen LogP contribution in [0.2, 0.25) is 5.02 Å². The molecule has 0 bridgehead atoms. The fraction of sp³-hybridized carbons (Fsp3) is 0.680. The highest BCUT2D eigenvalue weighted by Crippen LogP contribution is 2.42. The van der Waals surface area contributed by atoms with Crippen molar-refractivity contribution in [2.45, 2.75) is 89.3 Å². The first kappa shape index (κ1) is 23.4. The van der Waals surface area contributed by atoms with Gasteiger partial charge in [-0.2, -0.15) is 0 Å². The largest absolute Gasteiger partial charge is 0.335 e. The number of nitrogens with zero attached hydrogens (tertiary/aromatic N) is 1. The molecular formula is C25H37ClN4O2. The Morgan fingerprint density at radius 2 is 1.84 bits per heavy atom. The van der Waals surface area contributed by atoms with Crippen molar-refractivity contribution in [1.82, 2.24) is 21.1 Å². The lowest BCUT2D eigenvalue weighted by atomic mass is 9.74. The van der Waals surface area contributed by atoms with E-state index in [1.807, 2.05) is 12.1 Å². The Bertz CT molecular complexity index is 801. The minimum atomic E-state index is -0.327. The second kappa shape index (κ2) is 10.4. The number of rotatable bonds is 4. The Morgan fingerprint density at radius 3 is 2.53 bits per heavy atom. The Hall–Kier alpha value is -1.79. The summed E-state index contributed by atoms with van der Waals surface area (Å²) in [5.74, 6) is 0.820. The Morgan fingerprint density at radius 1 is 1.12 bits per heavy atom. The predicted molar refractivity (Wildman–Crippen MR) is 127 cm³/mol. The van der Waals surface area contributed by atoms with Crippen LogP contribution in [0.4, 0.5) is 4.79 Å². The fourth-order valence-electron chi connectivity index (χ4n) is 5.97. The monoisotopic (exact) mass is 460 g/mol. The summed E-state index contributed by atoms with van der Waals surface area (Å²) >= 11 is 6.11. The standard InChI is InChI=1S/C25H37ClN4O2/c1-30-23(31)25(13-4-2-3-5-14-25)17-22(29-30)28-24(32)27-21-11-9-18(10-12-21)15-19-7-6-8-20(26)16-19/h6-8,16,18,21-22,29H,2-5,9-15,17H2,1H3,(H2,27,28,32)/t18-,21+,22?. The molecule has 1 spiro atoms. The van der Waals surface area contributed by atoms with Gasteiger partial charge >= 0.3 is 6.03 Å². The second-order valence-corrected chi connectivity index (χ2v) is 10.6. The number of hydrogen-bond acceptors (Lipinski definition) is 3. The molecule has 4 rings (SSSR count). The topological polar surface area (TPSA) is 73.5 Å². The Kier molecular flexibility index (Phi) is 7.62. The molecule has 1 atom stereocenters. The van der Waals surface area contributed by atoms with Crippen LogP contribution in [0.15, 0.2) is 24.3 Å². The highest BCUT2D eigenvalue weighted by Gasteiger charge is 2.46. The zero-order valence-corrected chi connectivity index (χ0v) is 19.9. The van der Waals surface area contributed by atoms with Gasteiger partial charge in [-0.1, -0.05) is 49.4 Å². The van der Waals surface area contributed by atoms with Crippen LogP contribution < -0.4 is 16.1 Å². The molecule has 3 N–H and O–H groups in total. The van der Waals surface area contributed by atoms with Crippen LogP contribution in [-0.4, -0.2) is 36.2 Å². The van der Waals surface area contributed by atoms with E-state index in [9.17, 15) is 9.59 Å². The van der Waals surface area contributed by atoms with Gasteiger partial charge in [0.2, 0.25) is 5.91 Å². The molecule has 32 heavy (non-hydrogen) atoms. The number of amides is 3. The van der Waals surface area contributed by atoms with Crippen molar-refractivity contribution >= 4 is 23.5 Å². The van der Waals surface area contributed by atoms with Gasteiger partial charge in [-0.05, 0) is 75.0 Å². The Labute approximate surface area is 196 Å². The highest BCUT2D eigenvalue weighted by atomic mass is 35.5. The summed E-state index contributed by atoms with van der Waals surface area (Å²) in [6, 6.07) is 8.20. The van der Waals surface area contributed by atoms with E-state index in [-0.39, 0.29) is 29.6 Å². The number of carbonyl (C=O) groups excluding carboxylic acids is 2. The van der Waals surface area contributed by atoms with Gasteiger partial charge < -0.3 is 10.6 Å². The third-order valence-corrected chi connectivity index (χ3v) is 7.90. The first-order chi connectivity index (χ1) is 15.4. The molecule has 3 amide bonds. The third kappa shape index (κ3) is 5.76. The smallest absolute Gasteiger partial charge is 0.316 e. The van der Waals surface area contributed by atoms with Crippen molar-refractivity contribution in [2.75, 3.05) is 7.05 Å². The van der Waals surface area contributed by atoms with E-state index in [1.54, 1.807) is 12.1 Å². The summed E-state index contributed by atoms with van der Waals surface area (Å²) in [4.78, 5) is 25.6. The van der Waals surface area contributed by atoms with Gasteiger partial charge in [-0.15, -0.1) is 0 Å². The summed E-state index contributed by atoms with van der Waals surface area (Å²) in [6.45, 7) is 0. The molecule has 6 nitrogen and oxygen atoms in total. The normalized spacial score (nSPS) is 28.2. The van der Waals surface area contributed by atoms with Gasteiger partial charge in [0.15, 0.2) is 0 Å². The van der Waals surface area contributed by atoms with Gasteiger partial charge in [0.05, 0.1) is 11.6 Å². The molecule has 1 unspecified atom stereocenters. The molecular weight excluding hydrogens is 424 g/mol. The maximum absolute atomic E-state index is 12.9. The average molecular weight is 461 g/mol. The van der Waals surface area contributed by atoms with Crippen molar-refractivity contribution in [1.29, 1.82) is 0 Å². The molecule has 3 fully saturated rings. The quantitative estimate of drug-likeness (QED) is 0.605. The van der Waals surface area contributed by atoms with E-state index in [1.165, 1.54) is 18.4 Å². The van der Waals surface area contributed by atoms with Crippen LogP contribution in [0.25, 0.3) is 0 Å². The van der Waals surface area contributed by atoms with Gasteiger partial charge in [0.1, 0.15) is 0 Å². The molecule has 1 aromatic rings. The maximum Gasteiger partial charge on any atom is 0.316 e. The number of halogens is 1. The lowest BCUT2D eigenvalue weighted by molar-refractivity contribution is -0.153. The van der Waals surface area contributed by atoms with Gasteiger partial charge in [-0.3, -0.25) is 9.80 Å². The zero-order valence-electron chi connectivity index (χ0n) is 19.2. The molecule has 2 saturated carbocycles. The zero-order chi connectivity index (χ0) is 22.6. The van der Waals surface area contributed by atoms with Crippen LogP contribution in [0.1, 0.15) is 76.2 Å². The summed E-state index contributed by atoms with van der Waals surface area (Å²) in [7, 11) is 1.78. The van der Waals surface area contributed by atoms with Gasteiger partial charge in [-0.25, -0.2) is 10.2 Å². The molecule has 1 aliphatic heterocycles. The van der Waals surface area contributed by atoms with E-state index in [0.717, 1.165) is 62.8 Å². The lowest BCUT2D eigenvalue weighted by Crippen LogP contribution is -2.65. The lowest BCUT2D eigenvalue weighted by Gasteiger charge is -2.44. The molecule has 1 saturated heterocycles. The molecule has 176 valence electrons. The van der Waals surface area contributed by atoms with Crippen LogP contribution in [0.5, 0.6) is 0 Å². The number of hydrogen-bond donors (Lipinski definition) is 3. The first-order valence-corrected chi connectivity index (χ1v) is 12.7. The summed E-state index contributed by atoms with van der Waals surface area (Å²) in [5, 5.41) is 8.66. The molecule has 0 aromatic heterocycles. The second-order valence-electron chi connectivity index (χ2n) is 10.1. The number of carbonyl (C=O) groups is 2. The summed E-state index contributed by atoms with van der Waals surface area (Å²) < 4.78 is 0. The highest BCUT2D eigenvalue weighted by molar-refractivity contribution is 6.30. The van der Waals surface area contributed by atoms with E-state index >= 15 is 0 Å². The number of urea groups is 1. The predicted octanol–water partition coefficient (Wildman–Crippen LogP) is 4.77. The van der Waals surface area contributed by atoms with E-state index < -0.39 is 0 Å². The van der Waals surface area contributed by atoms with Crippen LogP contribution >= 0.6 is 11.6 Å². The molecule has 7 heteroatoms. The number of nitrogens with one attached hydrogen (secondary N) is 3. The molecule has 3 aliphatic rings. The minimum absolute atomic E-state index is 0.132. The average Bonchev–Trinajstić information content (AvgIpc) is 2.99. The number of benzene rings is 1. The van der Waals surface area contributed by atoms with E-state index in [2.05, 4.69) is 28.2 Å². The van der Waals surface area contributed by atoms with Crippen molar-refractivity contribution in [3.63, 3.8) is 0 Å². The van der Waals surface area contributed by atoms with Crippen LogP contribution in [-0.2, 0) is 11.2 Å². The first-order valence-electron chi connectivity index (χ1n) is 12.3. The molecule has 2 aliphatic carbocycles. The molecule has 0 radical (unpaired) electrons. The SMILES string of the molecule is CN1NC(NC(=O)N[C@H]2CC[C@@H](Cc3cccc(Cl)c3)CC2)CC2(CCCCCC2)C1=O. The minimum Gasteiger partial charge on any atom is -0.335 e. The van der Waals surface area contributed by atoms with Crippen molar-refractivity contribution in [2.24, 2.45) is 11.3 Å². The summed E-state index contributed by atoms with van der Waals surface area (Å²) in [5.41, 5.74) is 4.13. The van der Waals surface area contributed by atoms with Crippen molar-refractivity contribution in [3.05, 3.63) is 34.9 Å². The van der Waals surface area contributed by atoms with Gasteiger partial charge in [0.25, 0.3) is 0 Å². The van der Waals surface area contributed by atoms with Crippen molar-refractivity contribution < 1.29 is 9.59 Å². The molecule has 1 heterocycles. The van der Waals surface area contributed by atoms with Gasteiger partial charge in [0, 0.05) is 18.1 Å². The van der Waals surface area contributed by atoms with Crippen LogP contribution in [0.3, 0.4) is 0 Å². The van der Waals surface area contributed by atoms with E-state index in [0.29, 0.717) is 12.3 Å². The molecule has 1 aromatic carbocycles. The Balaban J connectivity index is 1.24.